The minimum Gasteiger partial charge on any atom is -0.452 e. The number of benzene rings is 1. The fourth-order valence-corrected chi connectivity index (χ4v) is 1.28. The van der Waals surface area contributed by atoms with Gasteiger partial charge < -0.3 is 15.8 Å². The lowest BCUT2D eigenvalue weighted by Gasteiger charge is -2.05. The van der Waals surface area contributed by atoms with Crippen molar-refractivity contribution < 1.29 is 23.9 Å². The van der Waals surface area contributed by atoms with Crippen molar-refractivity contribution in [2.24, 2.45) is 5.73 Å². The fraction of sp³-hybridized carbons (Fsp3) is 0.167. The van der Waals surface area contributed by atoms with Gasteiger partial charge in [-0.15, -0.1) is 0 Å². The number of primary amides is 1. The summed E-state index contributed by atoms with van der Waals surface area (Å²) < 4.78 is 4.67. The number of nitrogens with one attached hydrogen (secondary N) is 2. The molecule has 0 aliphatic rings. The molecule has 0 saturated carbocycles. The van der Waals surface area contributed by atoms with Gasteiger partial charge in [-0.2, -0.15) is 0 Å². The van der Waals surface area contributed by atoms with E-state index in [0.29, 0.717) is 5.69 Å². The summed E-state index contributed by atoms with van der Waals surface area (Å²) >= 11 is 0. The number of anilines is 1. The molecule has 0 saturated heterocycles. The SMILES string of the molecule is CC(=O)Nc1ccc(C(=O)OCC(=O)NC(N)=O)cc1. The number of carbonyl (C=O) groups excluding carboxylic acids is 4. The molecule has 4 N–H and O–H groups in total. The van der Waals surface area contributed by atoms with E-state index in [2.05, 4.69) is 10.1 Å². The van der Waals surface area contributed by atoms with E-state index >= 15 is 0 Å². The van der Waals surface area contributed by atoms with Crippen LogP contribution < -0.4 is 16.4 Å². The molecule has 8 nitrogen and oxygen atoms in total. The van der Waals surface area contributed by atoms with E-state index < -0.39 is 24.5 Å². The van der Waals surface area contributed by atoms with Crippen LogP contribution in [0.4, 0.5) is 10.5 Å². The molecular weight excluding hydrogens is 266 g/mol. The fourth-order valence-electron chi connectivity index (χ4n) is 1.28. The molecule has 0 atom stereocenters. The maximum atomic E-state index is 11.6. The first kappa shape index (κ1) is 15.2. The summed E-state index contributed by atoms with van der Waals surface area (Å²) in [4.78, 5) is 43.8. The highest BCUT2D eigenvalue weighted by atomic mass is 16.5. The van der Waals surface area contributed by atoms with Gasteiger partial charge in [-0.05, 0) is 24.3 Å². The molecule has 20 heavy (non-hydrogen) atoms. The molecule has 1 aromatic carbocycles. The maximum absolute atomic E-state index is 11.6. The first-order chi connectivity index (χ1) is 9.38. The van der Waals surface area contributed by atoms with Gasteiger partial charge in [-0.3, -0.25) is 14.9 Å². The third kappa shape index (κ3) is 5.17. The predicted octanol–water partition coefficient (Wildman–Crippen LogP) is -0.00330. The molecule has 0 fully saturated rings. The lowest BCUT2D eigenvalue weighted by molar-refractivity contribution is -0.123. The first-order valence-electron chi connectivity index (χ1n) is 5.52. The van der Waals surface area contributed by atoms with Gasteiger partial charge >= 0.3 is 12.0 Å². The Morgan fingerprint density at radius 2 is 1.75 bits per heavy atom. The Kier molecular flexibility index (Phi) is 5.21. The zero-order valence-electron chi connectivity index (χ0n) is 10.6. The Hall–Kier alpha value is -2.90. The van der Waals surface area contributed by atoms with Crippen LogP contribution in [0.5, 0.6) is 0 Å². The molecule has 8 heteroatoms. The molecule has 0 aromatic heterocycles. The summed E-state index contributed by atoms with van der Waals surface area (Å²) in [6, 6.07) is 4.87. The average Bonchev–Trinajstić information content (AvgIpc) is 2.35. The Labute approximate surface area is 114 Å². The Balaban J connectivity index is 2.53. The van der Waals surface area contributed by atoms with Gasteiger partial charge in [0.1, 0.15) is 0 Å². The van der Waals surface area contributed by atoms with E-state index in [0.717, 1.165) is 0 Å². The van der Waals surface area contributed by atoms with Gasteiger partial charge in [0.25, 0.3) is 5.91 Å². The molecular formula is C12H13N3O5. The number of carbonyl (C=O) groups is 4. The largest absolute Gasteiger partial charge is 0.452 e. The van der Waals surface area contributed by atoms with Crippen molar-refractivity contribution in [2.75, 3.05) is 11.9 Å². The number of esters is 1. The second-order valence-corrected chi connectivity index (χ2v) is 3.75. The molecule has 0 heterocycles. The van der Waals surface area contributed by atoms with E-state index in [1.165, 1.54) is 31.2 Å². The summed E-state index contributed by atoms with van der Waals surface area (Å²) in [7, 11) is 0. The number of urea groups is 1. The number of amides is 4. The zero-order valence-corrected chi connectivity index (χ0v) is 10.6. The molecule has 0 bridgehead atoms. The highest BCUT2D eigenvalue weighted by molar-refractivity contribution is 5.96. The standard InChI is InChI=1S/C12H13N3O5/c1-7(16)14-9-4-2-8(3-5-9)11(18)20-6-10(17)15-12(13)19/h2-5H,6H2,1H3,(H,14,16)(H3,13,15,17,19). The smallest absolute Gasteiger partial charge is 0.338 e. The van der Waals surface area contributed by atoms with E-state index in [1.54, 1.807) is 5.32 Å². The van der Waals surface area contributed by atoms with E-state index in [1.807, 2.05) is 0 Å². The minimum atomic E-state index is -1.02. The van der Waals surface area contributed by atoms with Crippen LogP contribution in [0.15, 0.2) is 24.3 Å². The van der Waals surface area contributed by atoms with Crippen LogP contribution in [0.2, 0.25) is 0 Å². The van der Waals surface area contributed by atoms with Crippen molar-refractivity contribution in [3.63, 3.8) is 0 Å². The van der Waals surface area contributed by atoms with Crippen molar-refractivity contribution in [1.82, 2.24) is 5.32 Å². The second kappa shape index (κ2) is 6.88. The van der Waals surface area contributed by atoms with Gasteiger partial charge in [0, 0.05) is 12.6 Å². The lowest BCUT2D eigenvalue weighted by Crippen LogP contribution is -2.37. The summed E-state index contributed by atoms with van der Waals surface area (Å²) in [5.74, 6) is -1.79. The molecule has 1 rings (SSSR count). The van der Waals surface area contributed by atoms with Crippen molar-refractivity contribution in [3.8, 4) is 0 Å². The zero-order chi connectivity index (χ0) is 15.1. The van der Waals surface area contributed by atoms with Crippen LogP contribution in [-0.4, -0.2) is 30.4 Å². The molecule has 0 radical (unpaired) electrons. The third-order valence-electron chi connectivity index (χ3n) is 2.04. The molecule has 1 aromatic rings. The topological polar surface area (TPSA) is 128 Å². The predicted molar refractivity (Wildman–Crippen MR) is 68.8 cm³/mol. The molecule has 0 aliphatic heterocycles. The summed E-state index contributed by atoms with van der Waals surface area (Å²) in [5, 5.41) is 4.29. The highest BCUT2D eigenvalue weighted by Crippen LogP contribution is 2.10. The van der Waals surface area contributed by atoms with Crippen LogP contribution in [-0.2, 0) is 14.3 Å². The maximum Gasteiger partial charge on any atom is 0.338 e. The lowest BCUT2D eigenvalue weighted by atomic mass is 10.2. The summed E-state index contributed by atoms with van der Waals surface area (Å²) in [6.45, 7) is 0.745. The Morgan fingerprint density at radius 3 is 2.25 bits per heavy atom. The monoisotopic (exact) mass is 279 g/mol. The third-order valence-corrected chi connectivity index (χ3v) is 2.04. The van der Waals surface area contributed by atoms with E-state index in [9.17, 15) is 19.2 Å². The Morgan fingerprint density at radius 1 is 1.15 bits per heavy atom. The van der Waals surface area contributed by atoms with Crippen LogP contribution in [0.3, 0.4) is 0 Å². The normalized spacial score (nSPS) is 9.45. The van der Waals surface area contributed by atoms with E-state index in [-0.39, 0.29) is 11.5 Å². The first-order valence-corrected chi connectivity index (χ1v) is 5.52. The number of nitrogens with two attached hydrogens (primary N) is 1. The number of hydrogen-bond acceptors (Lipinski definition) is 5. The summed E-state index contributed by atoms with van der Waals surface area (Å²) in [6.07, 6.45) is 0. The summed E-state index contributed by atoms with van der Waals surface area (Å²) in [5.41, 5.74) is 5.45. The van der Waals surface area contributed by atoms with Crippen LogP contribution in [0, 0.1) is 0 Å². The van der Waals surface area contributed by atoms with Gasteiger partial charge in [-0.1, -0.05) is 0 Å². The van der Waals surface area contributed by atoms with Crippen molar-refractivity contribution >= 4 is 29.5 Å². The number of imide groups is 1. The molecule has 106 valence electrons. The average molecular weight is 279 g/mol. The minimum absolute atomic E-state index is 0.200. The molecule has 0 aliphatic carbocycles. The second-order valence-electron chi connectivity index (χ2n) is 3.75. The molecule has 0 unspecified atom stereocenters. The van der Waals surface area contributed by atoms with Gasteiger partial charge in [0.15, 0.2) is 6.61 Å². The van der Waals surface area contributed by atoms with Crippen molar-refractivity contribution in [1.29, 1.82) is 0 Å². The highest BCUT2D eigenvalue weighted by Gasteiger charge is 2.11. The van der Waals surface area contributed by atoms with Gasteiger partial charge in [0.05, 0.1) is 5.56 Å². The van der Waals surface area contributed by atoms with E-state index in [4.69, 9.17) is 5.73 Å². The number of hydrogen-bond donors (Lipinski definition) is 3. The van der Waals surface area contributed by atoms with Gasteiger partial charge in [-0.25, -0.2) is 9.59 Å². The van der Waals surface area contributed by atoms with Crippen molar-refractivity contribution in [3.05, 3.63) is 29.8 Å². The van der Waals surface area contributed by atoms with Crippen LogP contribution in [0.25, 0.3) is 0 Å². The van der Waals surface area contributed by atoms with Gasteiger partial charge in [0.2, 0.25) is 5.91 Å². The number of ether oxygens (including phenoxy) is 1. The quantitative estimate of drug-likeness (QED) is 0.668. The molecule has 4 amide bonds. The van der Waals surface area contributed by atoms with Crippen LogP contribution >= 0.6 is 0 Å². The molecule has 0 spiro atoms. The number of rotatable bonds is 4. The van der Waals surface area contributed by atoms with Crippen molar-refractivity contribution in [2.45, 2.75) is 6.92 Å². The Bertz CT molecular complexity index is 539. The van der Waals surface area contributed by atoms with Crippen LogP contribution in [0.1, 0.15) is 17.3 Å².